The number of likely N-dealkylation sites (tertiary alicyclic amines) is 1. The fraction of sp³-hybridized carbons (Fsp3) is 0.600. The Morgan fingerprint density at radius 1 is 1.19 bits per heavy atom. The second-order valence-corrected chi connectivity index (χ2v) is 5.59. The lowest BCUT2D eigenvalue weighted by Gasteiger charge is -2.23. The SMILES string of the molecule is Cc1ccccc1C1CN(C)C[C@H]1C(C)C. The first-order chi connectivity index (χ1) is 7.59. The van der Waals surface area contributed by atoms with Gasteiger partial charge in [0, 0.05) is 19.0 Å². The minimum atomic E-state index is 0.728. The fourth-order valence-corrected chi connectivity index (χ4v) is 3.04. The van der Waals surface area contributed by atoms with Crippen LogP contribution in [-0.4, -0.2) is 25.0 Å². The molecule has 2 rings (SSSR count). The molecule has 1 unspecified atom stereocenters. The minimum absolute atomic E-state index is 0.728. The molecule has 0 amide bonds. The first-order valence-corrected chi connectivity index (χ1v) is 6.33. The van der Waals surface area contributed by atoms with Crippen molar-refractivity contribution in [2.75, 3.05) is 20.1 Å². The average molecular weight is 217 g/mol. The second-order valence-electron chi connectivity index (χ2n) is 5.59. The molecule has 1 aliphatic rings. The van der Waals surface area contributed by atoms with E-state index in [0.29, 0.717) is 0 Å². The molecule has 0 radical (unpaired) electrons. The molecule has 2 atom stereocenters. The third-order valence-electron chi connectivity index (χ3n) is 3.99. The van der Waals surface area contributed by atoms with Gasteiger partial charge in [-0.1, -0.05) is 38.1 Å². The maximum atomic E-state index is 2.47. The van der Waals surface area contributed by atoms with E-state index in [-0.39, 0.29) is 0 Å². The lowest BCUT2D eigenvalue weighted by molar-refractivity contribution is 0.344. The van der Waals surface area contributed by atoms with Gasteiger partial charge in [0.25, 0.3) is 0 Å². The molecule has 1 saturated heterocycles. The smallest absolute Gasteiger partial charge is 0.00507 e. The van der Waals surface area contributed by atoms with Gasteiger partial charge < -0.3 is 4.90 Å². The van der Waals surface area contributed by atoms with Gasteiger partial charge in [-0.05, 0) is 36.9 Å². The molecule has 1 aromatic carbocycles. The topological polar surface area (TPSA) is 3.24 Å². The van der Waals surface area contributed by atoms with Crippen LogP contribution in [0, 0.1) is 18.8 Å². The molecule has 88 valence electrons. The quantitative estimate of drug-likeness (QED) is 0.734. The van der Waals surface area contributed by atoms with Gasteiger partial charge in [-0.3, -0.25) is 0 Å². The van der Waals surface area contributed by atoms with Crippen LogP contribution in [0.15, 0.2) is 24.3 Å². The van der Waals surface area contributed by atoms with Crippen LogP contribution in [0.5, 0.6) is 0 Å². The van der Waals surface area contributed by atoms with Gasteiger partial charge in [-0.15, -0.1) is 0 Å². The number of benzene rings is 1. The zero-order valence-electron chi connectivity index (χ0n) is 10.9. The Kier molecular flexibility index (Phi) is 3.34. The third-order valence-corrected chi connectivity index (χ3v) is 3.99. The van der Waals surface area contributed by atoms with E-state index in [1.165, 1.54) is 18.7 Å². The molecular weight excluding hydrogens is 194 g/mol. The Balaban J connectivity index is 2.29. The first-order valence-electron chi connectivity index (χ1n) is 6.33. The summed E-state index contributed by atoms with van der Waals surface area (Å²) in [6.07, 6.45) is 0. The lowest BCUT2D eigenvalue weighted by atomic mass is 9.80. The van der Waals surface area contributed by atoms with Crippen LogP contribution in [0.2, 0.25) is 0 Å². The van der Waals surface area contributed by atoms with Crippen LogP contribution in [0.25, 0.3) is 0 Å². The Hall–Kier alpha value is -0.820. The molecular formula is C15H23N. The molecule has 0 aliphatic carbocycles. The molecule has 0 spiro atoms. The first kappa shape index (κ1) is 11.7. The highest BCUT2D eigenvalue weighted by Crippen LogP contribution is 2.37. The van der Waals surface area contributed by atoms with Crippen molar-refractivity contribution < 1.29 is 0 Å². The normalized spacial score (nSPS) is 26.6. The largest absolute Gasteiger partial charge is 0.305 e. The molecule has 1 heterocycles. The highest BCUT2D eigenvalue weighted by molar-refractivity contribution is 5.31. The van der Waals surface area contributed by atoms with Crippen LogP contribution in [-0.2, 0) is 0 Å². The van der Waals surface area contributed by atoms with Crippen LogP contribution in [0.4, 0.5) is 0 Å². The van der Waals surface area contributed by atoms with Crippen molar-refractivity contribution >= 4 is 0 Å². The monoisotopic (exact) mass is 217 g/mol. The Morgan fingerprint density at radius 3 is 2.50 bits per heavy atom. The molecule has 1 nitrogen and oxygen atoms in total. The van der Waals surface area contributed by atoms with Crippen LogP contribution < -0.4 is 0 Å². The van der Waals surface area contributed by atoms with Crippen molar-refractivity contribution in [1.82, 2.24) is 4.90 Å². The molecule has 0 aromatic heterocycles. The summed E-state index contributed by atoms with van der Waals surface area (Å²) >= 11 is 0. The summed E-state index contributed by atoms with van der Waals surface area (Å²) in [4.78, 5) is 2.47. The Morgan fingerprint density at radius 2 is 1.88 bits per heavy atom. The van der Waals surface area contributed by atoms with E-state index in [0.717, 1.165) is 17.8 Å². The second kappa shape index (κ2) is 4.58. The van der Waals surface area contributed by atoms with E-state index >= 15 is 0 Å². The van der Waals surface area contributed by atoms with E-state index in [4.69, 9.17) is 0 Å². The Labute approximate surface area is 99.5 Å². The van der Waals surface area contributed by atoms with E-state index in [1.54, 1.807) is 5.56 Å². The maximum Gasteiger partial charge on any atom is 0.00507 e. The standard InChI is InChI=1S/C15H23N/c1-11(2)14-9-16(4)10-15(14)13-8-6-5-7-12(13)3/h5-8,11,14-15H,9-10H2,1-4H3/t14-,15?/m0/s1. The van der Waals surface area contributed by atoms with Crippen molar-refractivity contribution in [2.24, 2.45) is 11.8 Å². The van der Waals surface area contributed by atoms with Gasteiger partial charge in [0.15, 0.2) is 0 Å². The number of likely N-dealkylation sites (N-methyl/N-ethyl adjacent to an activating group) is 1. The summed E-state index contributed by atoms with van der Waals surface area (Å²) < 4.78 is 0. The van der Waals surface area contributed by atoms with E-state index in [2.05, 4.69) is 57.0 Å². The lowest BCUT2D eigenvalue weighted by Crippen LogP contribution is -2.18. The molecule has 0 N–H and O–H groups in total. The van der Waals surface area contributed by atoms with E-state index < -0.39 is 0 Å². The number of hydrogen-bond acceptors (Lipinski definition) is 1. The van der Waals surface area contributed by atoms with Gasteiger partial charge in [0.2, 0.25) is 0 Å². The van der Waals surface area contributed by atoms with Crippen molar-refractivity contribution in [3.05, 3.63) is 35.4 Å². The average Bonchev–Trinajstić information content (AvgIpc) is 2.61. The minimum Gasteiger partial charge on any atom is -0.305 e. The third kappa shape index (κ3) is 2.15. The van der Waals surface area contributed by atoms with Crippen molar-refractivity contribution in [3.63, 3.8) is 0 Å². The van der Waals surface area contributed by atoms with Gasteiger partial charge in [0.05, 0.1) is 0 Å². The summed E-state index contributed by atoms with van der Waals surface area (Å²) in [5, 5.41) is 0. The molecule has 0 bridgehead atoms. The predicted molar refractivity (Wildman–Crippen MR) is 69.7 cm³/mol. The number of rotatable bonds is 2. The zero-order valence-corrected chi connectivity index (χ0v) is 10.9. The highest BCUT2D eigenvalue weighted by Gasteiger charge is 2.34. The summed E-state index contributed by atoms with van der Waals surface area (Å²) in [5.74, 6) is 2.31. The number of hydrogen-bond donors (Lipinski definition) is 0. The van der Waals surface area contributed by atoms with Gasteiger partial charge in [-0.2, -0.15) is 0 Å². The van der Waals surface area contributed by atoms with E-state index in [1.807, 2.05) is 0 Å². The Bertz CT molecular complexity index is 356. The summed E-state index contributed by atoms with van der Waals surface area (Å²) in [6, 6.07) is 8.87. The molecule has 1 fully saturated rings. The number of nitrogens with zero attached hydrogens (tertiary/aromatic N) is 1. The molecule has 16 heavy (non-hydrogen) atoms. The number of aryl methyl sites for hydroxylation is 1. The molecule has 1 heteroatoms. The maximum absolute atomic E-state index is 2.47. The van der Waals surface area contributed by atoms with Crippen molar-refractivity contribution in [2.45, 2.75) is 26.7 Å². The van der Waals surface area contributed by atoms with E-state index in [9.17, 15) is 0 Å². The van der Waals surface area contributed by atoms with Crippen LogP contribution >= 0.6 is 0 Å². The van der Waals surface area contributed by atoms with Gasteiger partial charge in [-0.25, -0.2) is 0 Å². The van der Waals surface area contributed by atoms with Crippen LogP contribution in [0.3, 0.4) is 0 Å². The van der Waals surface area contributed by atoms with Crippen molar-refractivity contribution in [1.29, 1.82) is 0 Å². The molecule has 1 aliphatic heterocycles. The molecule has 0 saturated carbocycles. The summed E-state index contributed by atoms with van der Waals surface area (Å²) in [6.45, 7) is 9.42. The van der Waals surface area contributed by atoms with Crippen molar-refractivity contribution in [3.8, 4) is 0 Å². The zero-order chi connectivity index (χ0) is 11.7. The summed E-state index contributed by atoms with van der Waals surface area (Å²) in [7, 11) is 2.24. The predicted octanol–water partition coefficient (Wildman–Crippen LogP) is 3.30. The fourth-order valence-electron chi connectivity index (χ4n) is 3.04. The summed E-state index contributed by atoms with van der Waals surface area (Å²) in [5.41, 5.74) is 3.01. The van der Waals surface area contributed by atoms with Gasteiger partial charge >= 0.3 is 0 Å². The van der Waals surface area contributed by atoms with Gasteiger partial charge in [0.1, 0.15) is 0 Å². The molecule has 1 aromatic rings. The van der Waals surface area contributed by atoms with Crippen LogP contribution in [0.1, 0.15) is 30.9 Å². The highest BCUT2D eigenvalue weighted by atomic mass is 15.1.